The van der Waals surface area contributed by atoms with Gasteiger partial charge in [-0.25, -0.2) is 0 Å². The maximum atomic E-state index is 6.92. The molecular weight excluding hydrogens is 787 g/mol. The summed E-state index contributed by atoms with van der Waals surface area (Å²) in [6.07, 6.45) is 0. The summed E-state index contributed by atoms with van der Waals surface area (Å²) >= 11 is 0. The highest BCUT2D eigenvalue weighted by Crippen LogP contribution is 2.64. The Bertz CT molecular complexity index is 3830. The lowest BCUT2D eigenvalue weighted by atomic mass is 9.68. The van der Waals surface area contributed by atoms with E-state index in [2.05, 4.69) is 241 Å². The van der Waals surface area contributed by atoms with Gasteiger partial charge in [-0.15, -0.1) is 0 Å². The van der Waals surface area contributed by atoms with Crippen molar-refractivity contribution in [1.82, 2.24) is 0 Å². The summed E-state index contributed by atoms with van der Waals surface area (Å²) in [6, 6.07) is 86.8. The van der Waals surface area contributed by atoms with E-state index >= 15 is 0 Å². The van der Waals surface area contributed by atoms with Gasteiger partial charge in [0.25, 0.3) is 0 Å². The van der Waals surface area contributed by atoms with Gasteiger partial charge in [-0.05, 0) is 114 Å². The molecule has 11 aromatic carbocycles. The Kier molecular flexibility index (Phi) is 7.64. The maximum absolute atomic E-state index is 6.92. The van der Waals surface area contributed by atoms with Crippen LogP contribution in [0.2, 0.25) is 0 Å². The van der Waals surface area contributed by atoms with Gasteiger partial charge in [0.1, 0.15) is 11.2 Å². The third-order valence-corrected chi connectivity index (χ3v) is 14.3. The van der Waals surface area contributed by atoms with Crippen LogP contribution < -0.4 is 4.90 Å². The Morgan fingerprint density at radius 2 is 0.846 bits per heavy atom. The van der Waals surface area contributed by atoms with Gasteiger partial charge in [-0.1, -0.05) is 200 Å². The molecule has 0 saturated heterocycles. The summed E-state index contributed by atoms with van der Waals surface area (Å²) in [5.41, 5.74) is 20.1. The average Bonchev–Trinajstić information content (AvgIpc) is 4.02. The number of benzene rings is 11. The van der Waals surface area contributed by atoms with Crippen molar-refractivity contribution in [2.45, 2.75) is 5.41 Å². The van der Waals surface area contributed by atoms with E-state index in [0.29, 0.717) is 0 Å². The first-order valence-corrected chi connectivity index (χ1v) is 22.5. The molecule has 0 amide bonds. The van der Waals surface area contributed by atoms with Crippen LogP contribution in [-0.4, -0.2) is 0 Å². The molecule has 12 aromatic rings. The van der Waals surface area contributed by atoms with Crippen LogP contribution in [0.5, 0.6) is 0 Å². The van der Waals surface area contributed by atoms with E-state index in [0.717, 1.165) is 55.3 Å². The number of anilines is 3. The third kappa shape index (κ3) is 4.99. The fraction of sp³-hybridized carbons (Fsp3) is 0.0159. The molecule has 14 rings (SSSR count). The van der Waals surface area contributed by atoms with Crippen molar-refractivity contribution in [2.75, 3.05) is 4.90 Å². The van der Waals surface area contributed by atoms with Gasteiger partial charge < -0.3 is 9.32 Å². The molecule has 0 atom stereocenters. The summed E-state index contributed by atoms with van der Waals surface area (Å²) < 4.78 is 6.92. The number of furan rings is 1. The molecule has 0 radical (unpaired) electrons. The zero-order chi connectivity index (χ0) is 42.6. The molecule has 2 heteroatoms. The molecule has 302 valence electrons. The van der Waals surface area contributed by atoms with Crippen molar-refractivity contribution in [3.05, 3.63) is 259 Å². The Morgan fingerprint density at radius 1 is 0.338 bits per heavy atom. The normalized spacial score (nSPS) is 13.0. The van der Waals surface area contributed by atoms with E-state index in [1.165, 1.54) is 72.0 Å². The van der Waals surface area contributed by atoms with Gasteiger partial charge in [0.15, 0.2) is 0 Å². The second-order valence-corrected chi connectivity index (χ2v) is 17.5. The fourth-order valence-electron chi connectivity index (χ4n) is 11.7. The van der Waals surface area contributed by atoms with E-state index in [1.54, 1.807) is 0 Å². The SMILES string of the molecule is c1ccc(N(c2cccc3ccccc23)c2cccc3oc4c5ccccc5c(-c5ccc(-c6cccc7c6C6(c8ccccc8-c8ccccc86)c6ccccc6-7)cc5)cc4c23)cc1. The maximum Gasteiger partial charge on any atom is 0.143 e. The molecule has 1 aromatic heterocycles. The van der Waals surface area contributed by atoms with E-state index in [9.17, 15) is 0 Å². The summed E-state index contributed by atoms with van der Waals surface area (Å²) in [5, 5.41) is 6.83. The molecular formula is C63H39NO. The Balaban J connectivity index is 0.970. The lowest BCUT2D eigenvalue weighted by molar-refractivity contribution is 0.672. The highest BCUT2D eigenvalue weighted by atomic mass is 16.3. The van der Waals surface area contributed by atoms with Crippen LogP contribution in [0, 0.1) is 0 Å². The van der Waals surface area contributed by atoms with E-state index in [4.69, 9.17) is 4.42 Å². The van der Waals surface area contributed by atoms with Gasteiger partial charge in [0.2, 0.25) is 0 Å². The van der Waals surface area contributed by atoms with Crippen LogP contribution >= 0.6 is 0 Å². The van der Waals surface area contributed by atoms with Crippen molar-refractivity contribution in [1.29, 1.82) is 0 Å². The second kappa shape index (κ2) is 13.8. The van der Waals surface area contributed by atoms with Crippen LogP contribution in [0.1, 0.15) is 22.3 Å². The molecule has 2 aliphatic rings. The molecule has 2 nitrogen and oxygen atoms in total. The highest BCUT2D eigenvalue weighted by Gasteiger charge is 2.52. The summed E-state index contributed by atoms with van der Waals surface area (Å²) in [4.78, 5) is 2.40. The van der Waals surface area contributed by atoms with Crippen LogP contribution in [-0.2, 0) is 5.41 Å². The number of nitrogens with zero attached hydrogens (tertiary/aromatic N) is 1. The topological polar surface area (TPSA) is 16.4 Å². The monoisotopic (exact) mass is 825 g/mol. The van der Waals surface area contributed by atoms with E-state index < -0.39 is 5.41 Å². The number of para-hydroxylation sites is 1. The standard InChI is InChI=1S/C63H39NO/c1-2-19-43(20-3-1)64(57-32-14-18-40-17-4-5-21-44(40)57)58-33-16-34-59-60(58)53-39-52(46-22-6-7-26-51(46)62(53)65-59)42-37-35-41(36-38-42)45-27-15-28-50-49-25-10-13-31-56(49)63(61(45)50)54-29-11-8-23-47(54)48-24-9-12-30-55(48)63/h1-39H. The van der Waals surface area contributed by atoms with Crippen LogP contribution in [0.25, 0.3) is 88.0 Å². The Labute approximate surface area is 376 Å². The molecule has 1 spiro atoms. The number of fused-ring (bicyclic) bond motifs is 16. The van der Waals surface area contributed by atoms with Crippen molar-refractivity contribution in [3.8, 4) is 44.5 Å². The van der Waals surface area contributed by atoms with Gasteiger partial charge in [0, 0.05) is 21.8 Å². The Hall–Kier alpha value is -8.46. The smallest absolute Gasteiger partial charge is 0.143 e. The number of rotatable bonds is 5. The minimum atomic E-state index is -0.421. The lowest BCUT2D eigenvalue weighted by Gasteiger charge is -2.32. The largest absolute Gasteiger partial charge is 0.455 e. The highest BCUT2D eigenvalue weighted by molar-refractivity contribution is 6.23. The first-order valence-electron chi connectivity index (χ1n) is 22.5. The molecule has 1 heterocycles. The first kappa shape index (κ1) is 36.1. The van der Waals surface area contributed by atoms with Crippen LogP contribution in [0.3, 0.4) is 0 Å². The zero-order valence-corrected chi connectivity index (χ0v) is 35.4. The summed E-state index contributed by atoms with van der Waals surface area (Å²) in [5.74, 6) is 0. The zero-order valence-electron chi connectivity index (χ0n) is 35.4. The predicted molar refractivity (Wildman–Crippen MR) is 271 cm³/mol. The molecule has 65 heavy (non-hydrogen) atoms. The average molecular weight is 826 g/mol. The molecule has 0 unspecified atom stereocenters. The van der Waals surface area contributed by atoms with Gasteiger partial charge in [-0.2, -0.15) is 0 Å². The van der Waals surface area contributed by atoms with E-state index in [1.807, 2.05) is 0 Å². The fourth-order valence-corrected chi connectivity index (χ4v) is 11.7. The van der Waals surface area contributed by atoms with Crippen molar-refractivity contribution in [2.24, 2.45) is 0 Å². The third-order valence-electron chi connectivity index (χ3n) is 14.3. The minimum absolute atomic E-state index is 0.421. The van der Waals surface area contributed by atoms with Crippen molar-refractivity contribution in [3.63, 3.8) is 0 Å². The predicted octanol–water partition coefficient (Wildman–Crippen LogP) is 17.0. The molecule has 0 bridgehead atoms. The lowest BCUT2D eigenvalue weighted by Crippen LogP contribution is -2.26. The Morgan fingerprint density at radius 3 is 1.57 bits per heavy atom. The molecule has 0 N–H and O–H groups in total. The minimum Gasteiger partial charge on any atom is -0.455 e. The van der Waals surface area contributed by atoms with Crippen molar-refractivity contribution < 1.29 is 4.42 Å². The summed E-state index contributed by atoms with van der Waals surface area (Å²) in [7, 11) is 0. The van der Waals surface area contributed by atoms with Crippen molar-refractivity contribution >= 4 is 60.5 Å². The molecule has 0 saturated carbocycles. The van der Waals surface area contributed by atoms with Gasteiger partial charge in [0.05, 0.1) is 22.2 Å². The number of hydrogen-bond acceptors (Lipinski definition) is 2. The quantitative estimate of drug-likeness (QED) is 0.172. The van der Waals surface area contributed by atoms with Crippen LogP contribution in [0.15, 0.2) is 241 Å². The second-order valence-electron chi connectivity index (χ2n) is 17.5. The molecule has 0 aliphatic heterocycles. The molecule has 2 aliphatic carbocycles. The van der Waals surface area contributed by atoms with E-state index in [-0.39, 0.29) is 0 Å². The number of hydrogen-bond donors (Lipinski definition) is 0. The van der Waals surface area contributed by atoms with Crippen LogP contribution in [0.4, 0.5) is 17.1 Å². The van der Waals surface area contributed by atoms with Gasteiger partial charge in [-0.3, -0.25) is 0 Å². The van der Waals surface area contributed by atoms with Gasteiger partial charge >= 0.3 is 0 Å². The first-order chi connectivity index (χ1) is 32.3. The summed E-state index contributed by atoms with van der Waals surface area (Å²) in [6.45, 7) is 0. The molecule has 0 fully saturated rings.